The van der Waals surface area contributed by atoms with E-state index in [0.29, 0.717) is 36.0 Å². The van der Waals surface area contributed by atoms with Crippen molar-refractivity contribution in [3.63, 3.8) is 0 Å². The Labute approximate surface area is 179 Å². The summed E-state index contributed by atoms with van der Waals surface area (Å²) in [6.45, 7) is 2.63. The summed E-state index contributed by atoms with van der Waals surface area (Å²) in [5.74, 6) is 0.768. The van der Waals surface area contributed by atoms with E-state index in [0.717, 1.165) is 23.1 Å². The van der Waals surface area contributed by atoms with Crippen LogP contribution < -0.4 is 9.80 Å². The molecule has 0 aliphatic carbocycles. The van der Waals surface area contributed by atoms with Gasteiger partial charge in [0, 0.05) is 45.0 Å². The van der Waals surface area contributed by atoms with Crippen molar-refractivity contribution in [1.82, 2.24) is 24.7 Å². The van der Waals surface area contributed by atoms with Crippen LogP contribution in [0.2, 0.25) is 0 Å². The first-order valence-corrected chi connectivity index (χ1v) is 10.5. The molecule has 160 valence electrons. The Morgan fingerprint density at radius 2 is 1.74 bits per heavy atom. The third-order valence-electron chi connectivity index (χ3n) is 5.21. The number of thiazole rings is 1. The van der Waals surface area contributed by atoms with Crippen LogP contribution in [0, 0.1) is 0 Å². The van der Waals surface area contributed by atoms with Crippen molar-refractivity contribution in [2.24, 2.45) is 7.05 Å². The summed E-state index contributed by atoms with van der Waals surface area (Å²) >= 11 is 1.29. The highest BCUT2D eigenvalue weighted by molar-refractivity contribution is 7.22. The zero-order valence-electron chi connectivity index (χ0n) is 16.5. The lowest BCUT2D eigenvalue weighted by Gasteiger charge is -2.35. The fourth-order valence-corrected chi connectivity index (χ4v) is 4.67. The highest BCUT2D eigenvalue weighted by atomic mass is 32.1. The summed E-state index contributed by atoms with van der Waals surface area (Å²) in [5.41, 5.74) is 0.977. The van der Waals surface area contributed by atoms with Crippen molar-refractivity contribution < 1.29 is 13.2 Å². The molecule has 7 nitrogen and oxygen atoms in total. The van der Waals surface area contributed by atoms with Gasteiger partial charge in [0.2, 0.25) is 0 Å². The zero-order valence-corrected chi connectivity index (χ0v) is 17.4. The molecule has 1 aliphatic heterocycles. The van der Waals surface area contributed by atoms with Crippen molar-refractivity contribution in [3.8, 4) is 11.3 Å². The summed E-state index contributed by atoms with van der Waals surface area (Å²) in [5, 5.41) is 4.78. The molecule has 0 atom stereocenters. The lowest BCUT2D eigenvalue weighted by molar-refractivity contribution is -0.136. The third-order valence-corrected chi connectivity index (χ3v) is 6.29. The van der Waals surface area contributed by atoms with Gasteiger partial charge in [-0.3, -0.25) is 9.67 Å². The highest BCUT2D eigenvalue weighted by Gasteiger charge is 2.34. The molecule has 5 rings (SSSR count). The molecule has 31 heavy (non-hydrogen) atoms. The van der Waals surface area contributed by atoms with Gasteiger partial charge < -0.3 is 9.80 Å². The Morgan fingerprint density at radius 3 is 2.45 bits per heavy atom. The van der Waals surface area contributed by atoms with E-state index in [-0.39, 0.29) is 5.52 Å². The number of hydrogen-bond donors (Lipinski definition) is 0. The summed E-state index contributed by atoms with van der Waals surface area (Å²) in [6, 6.07) is 4.19. The Kier molecular flexibility index (Phi) is 4.77. The van der Waals surface area contributed by atoms with Crippen molar-refractivity contribution in [2.75, 3.05) is 36.0 Å². The quantitative estimate of drug-likeness (QED) is 0.478. The Hall–Kier alpha value is -3.21. The van der Waals surface area contributed by atoms with Crippen LogP contribution in [0.5, 0.6) is 0 Å². The number of hydrogen-bond acceptors (Lipinski definition) is 7. The fourth-order valence-electron chi connectivity index (χ4n) is 3.63. The van der Waals surface area contributed by atoms with Crippen molar-refractivity contribution in [2.45, 2.75) is 6.18 Å². The number of halogens is 3. The number of aryl methyl sites for hydroxylation is 1. The fraction of sp³-hybridized carbons (Fsp3) is 0.300. The zero-order chi connectivity index (χ0) is 21.6. The number of piperazine rings is 1. The molecule has 4 aromatic rings. The number of nitrogens with zero attached hydrogens (tertiary/aromatic N) is 7. The van der Waals surface area contributed by atoms with E-state index in [9.17, 15) is 13.2 Å². The van der Waals surface area contributed by atoms with Crippen LogP contribution in [0.25, 0.3) is 21.5 Å². The molecule has 4 heterocycles. The molecule has 1 aromatic carbocycles. The molecule has 11 heteroatoms. The first kappa shape index (κ1) is 19.7. The first-order valence-electron chi connectivity index (χ1n) is 9.66. The topological polar surface area (TPSA) is 63.0 Å². The second-order valence-corrected chi connectivity index (χ2v) is 8.29. The monoisotopic (exact) mass is 445 g/mol. The molecule has 0 radical (unpaired) electrons. The number of rotatable bonds is 3. The van der Waals surface area contributed by atoms with Crippen molar-refractivity contribution in [3.05, 3.63) is 48.5 Å². The van der Waals surface area contributed by atoms with Crippen LogP contribution in [0.4, 0.5) is 24.1 Å². The molecule has 0 spiro atoms. The molecule has 0 amide bonds. The minimum absolute atomic E-state index is 0.0208. The van der Waals surface area contributed by atoms with Crippen molar-refractivity contribution >= 4 is 32.5 Å². The third kappa shape index (κ3) is 3.80. The molecule has 1 saturated heterocycles. The number of fused-ring (bicyclic) bond motifs is 1. The average Bonchev–Trinajstić information content (AvgIpc) is 3.39. The maximum absolute atomic E-state index is 13.3. The predicted molar refractivity (Wildman–Crippen MR) is 113 cm³/mol. The van der Waals surface area contributed by atoms with E-state index in [4.69, 9.17) is 4.98 Å². The van der Waals surface area contributed by atoms with Gasteiger partial charge in [0.25, 0.3) is 0 Å². The number of para-hydroxylation sites is 1. The summed E-state index contributed by atoms with van der Waals surface area (Å²) in [6.07, 6.45) is 2.64. The lowest BCUT2D eigenvalue weighted by Crippen LogP contribution is -2.46. The Bertz CT molecular complexity index is 1220. The molecule has 0 unspecified atom stereocenters. The van der Waals surface area contributed by atoms with E-state index in [2.05, 4.69) is 20.0 Å². The number of aromatic nitrogens is 5. The largest absolute Gasteiger partial charge is 0.418 e. The molecule has 1 fully saturated rings. The standard InChI is InChI=1S/C20H18F3N7S/c1-28-12-13(9-25-28)15-10-24-11-17(26-15)29-5-7-30(8-6-29)19-27-18-14(20(21,22)23)3-2-4-16(18)31-19/h2-4,9-12H,5-8H2,1H3. The number of benzene rings is 1. The number of anilines is 2. The van der Waals surface area contributed by atoms with E-state index in [1.165, 1.54) is 17.4 Å². The number of alkyl halides is 3. The maximum Gasteiger partial charge on any atom is 0.418 e. The van der Waals surface area contributed by atoms with Crippen LogP contribution >= 0.6 is 11.3 Å². The molecule has 0 N–H and O–H groups in total. The Balaban J connectivity index is 1.33. The SMILES string of the molecule is Cn1cc(-c2cncc(N3CCN(c4nc5c(C(F)(F)F)cccc5s4)CC3)n2)cn1. The molecule has 0 saturated carbocycles. The summed E-state index contributed by atoms with van der Waals surface area (Å²) < 4.78 is 42.1. The first-order chi connectivity index (χ1) is 14.9. The second kappa shape index (κ2) is 7.49. The van der Waals surface area contributed by atoms with E-state index in [1.54, 1.807) is 29.3 Å². The summed E-state index contributed by atoms with van der Waals surface area (Å²) in [7, 11) is 1.85. The molecule has 0 bridgehead atoms. The van der Waals surface area contributed by atoms with Gasteiger partial charge in [0.15, 0.2) is 5.13 Å². The van der Waals surface area contributed by atoms with Gasteiger partial charge in [0.05, 0.1) is 40.1 Å². The van der Waals surface area contributed by atoms with E-state index < -0.39 is 11.7 Å². The second-order valence-electron chi connectivity index (χ2n) is 7.29. The van der Waals surface area contributed by atoms with Gasteiger partial charge in [-0.25, -0.2) is 9.97 Å². The lowest BCUT2D eigenvalue weighted by atomic mass is 10.2. The van der Waals surface area contributed by atoms with Gasteiger partial charge in [-0.05, 0) is 12.1 Å². The summed E-state index contributed by atoms with van der Waals surface area (Å²) in [4.78, 5) is 17.5. The highest BCUT2D eigenvalue weighted by Crippen LogP contribution is 2.38. The van der Waals surface area contributed by atoms with Gasteiger partial charge in [-0.2, -0.15) is 18.3 Å². The van der Waals surface area contributed by atoms with Crippen LogP contribution in [0.15, 0.2) is 43.0 Å². The smallest absolute Gasteiger partial charge is 0.352 e. The van der Waals surface area contributed by atoms with Gasteiger partial charge in [-0.15, -0.1) is 0 Å². The molecular formula is C20H18F3N7S. The average molecular weight is 445 g/mol. The Morgan fingerprint density at radius 1 is 0.968 bits per heavy atom. The van der Waals surface area contributed by atoms with E-state index in [1.807, 2.05) is 18.1 Å². The minimum atomic E-state index is -4.42. The van der Waals surface area contributed by atoms with Gasteiger partial charge in [0.1, 0.15) is 5.82 Å². The van der Waals surface area contributed by atoms with Crippen LogP contribution in [-0.2, 0) is 13.2 Å². The van der Waals surface area contributed by atoms with E-state index >= 15 is 0 Å². The van der Waals surface area contributed by atoms with Crippen LogP contribution in [0.1, 0.15) is 5.56 Å². The molecule has 1 aliphatic rings. The molecule has 3 aromatic heterocycles. The van der Waals surface area contributed by atoms with Gasteiger partial charge in [-0.1, -0.05) is 17.4 Å². The van der Waals surface area contributed by atoms with Crippen LogP contribution in [-0.4, -0.2) is 50.9 Å². The van der Waals surface area contributed by atoms with Gasteiger partial charge >= 0.3 is 6.18 Å². The van der Waals surface area contributed by atoms with Crippen molar-refractivity contribution in [1.29, 1.82) is 0 Å². The predicted octanol–water partition coefficient (Wildman–Crippen LogP) is 3.83. The minimum Gasteiger partial charge on any atom is -0.352 e. The van der Waals surface area contributed by atoms with Crippen LogP contribution in [0.3, 0.4) is 0 Å². The molecular weight excluding hydrogens is 427 g/mol. The normalized spacial score (nSPS) is 15.1. The maximum atomic E-state index is 13.3.